The van der Waals surface area contributed by atoms with E-state index in [0.29, 0.717) is 0 Å². The third-order valence-corrected chi connectivity index (χ3v) is 12.4. The Balaban J connectivity index is 1.12. The molecular formula is C42H64S2. The van der Waals surface area contributed by atoms with E-state index in [1.165, 1.54) is 208 Å². The molecule has 0 saturated carbocycles. The highest BCUT2D eigenvalue weighted by Gasteiger charge is 2.13. The van der Waals surface area contributed by atoms with Crippen molar-refractivity contribution in [2.24, 2.45) is 0 Å². The topological polar surface area (TPSA) is 0 Å². The number of rotatable bonds is 26. The van der Waals surface area contributed by atoms with Gasteiger partial charge in [-0.3, -0.25) is 0 Å². The molecule has 0 bridgehead atoms. The van der Waals surface area contributed by atoms with Crippen LogP contribution in [0.25, 0.3) is 29.6 Å². The number of unbranched alkanes of at least 4 members (excludes halogenated alkanes) is 22. The van der Waals surface area contributed by atoms with E-state index in [9.17, 15) is 0 Å². The molecule has 4 rings (SSSR count). The van der Waals surface area contributed by atoms with Crippen LogP contribution in [0.5, 0.6) is 0 Å². The third-order valence-electron chi connectivity index (χ3n) is 9.85. The second-order valence-electron chi connectivity index (χ2n) is 13.8. The van der Waals surface area contributed by atoms with Gasteiger partial charge < -0.3 is 0 Å². The summed E-state index contributed by atoms with van der Waals surface area (Å²) in [7, 11) is 0. The predicted molar refractivity (Wildman–Crippen MR) is 204 cm³/mol. The maximum absolute atomic E-state index is 2.50. The Bertz CT molecular complexity index is 1210. The van der Waals surface area contributed by atoms with Crippen molar-refractivity contribution in [1.82, 2.24) is 0 Å². The smallest absolute Gasteiger partial charge is 0.0542 e. The molecule has 0 unspecified atom stereocenters. The molecule has 2 aromatic carbocycles. The summed E-state index contributed by atoms with van der Waals surface area (Å²) in [4.78, 5) is 0. The van der Waals surface area contributed by atoms with Crippen LogP contribution in [0, 0.1) is 0 Å². The van der Waals surface area contributed by atoms with Crippen molar-refractivity contribution >= 4 is 52.2 Å². The third kappa shape index (κ3) is 12.1. The van der Waals surface area contributed by atoms with Crippen LogP contribution in [0.3, 0.4) is 0 Å². The summed E-state index contributed by atoms with van der Waals surface area (Å²) in [5, 5.41) is 2.96. The lowest BCUT2D eigenvalue weighted by Gasteiger charge is -2.04. The standard InChI is InChI=1S/C42H64S2/c1-3-5-7-9-11-13-15-17-19-21-23-25-27-35-29-31-37-39(33-35)43-42-38-32-30-36(34-40(38)44-41(37)42)28-26-24-22-20-18-16-14-12-10-8-6-4-2/h29-34H,3-28H2,1-2H3. The van der Waals surface area contributed by atoms with Gasteiger partial charge in [-0.2, -0.15) is 0 Å². The van der Waals surface area contributed by atoms with Crippen LogP contribution in [0.2, 0.25) is 0 Å². The van der Waals surface area contributed by atoms with E-state index in [-0.39, 0.29) is 0 Å². The number of aryl methyl sites for hydroxylation is 2. The number of fused-ring (bicyclic) bond motifs is 5. The van der Waals surface area contributed by atoms with Gasteiger partial charge in [0.25, 0.3) is 0 Å². The Kier molecular flexibility index (Phi) is 17.3. The zero-order valence-corrected chi connectivity index (χ0v) is 30.3. The first-order valence-corrected chi connectivity index (χ1v) is 20.8. The highest BCUT2D eigenvalue weighted by atomic mass is 32.1. The summed E-state index contributed by atoms with van der Waals surface area (Å²) >= 11 is 4.05. The fraction of sp³-hybridized carbons (Fsp3) is 0.667. The van der Waals surface area contributed by atoms with Crippen LogP contribution in [-0.2, 0) is 12.8 Å². The second kappa shape index (κ2) is 21.4. The van der Waals surface area contributed by atoms with Crippen molar-refractivity contribution in [3.05, 3.63) is 47.5 Å². The van der Waals surface area contributed by atoms with Gasteiger partial charge in [0.1, 0.15) is 0 Å². The van der Waals surface area contributed by atoms with Gasteiger partial charge >= 0.3 is 0 Å². The molecule has 0 saturated heterocycles. The summed E-state index contributed by atoms with van der Waals surface area (Å²) in [5.41, 5.74) is 3.07. The molecule has 0 aliphatic rings. The van der Waals surface area contributed by atoms with Crippen molar-refractivity contribution < 1.29 is 0 Å². The molecule has 0 spiro atoms. The monoisotopic (exact) mass is 632 g/mol. The van der Waals surface area contributed by atoms with E-state index in [2.05, 4.69) is 50.2 Å². The van der Waals surface area contributed by atoms with E-state index in [1.54, 1.807) is 0 Å². The van der Waals surface area contributed by atoms with Gasteiger partial charge in [-0.1, -0.05) is 179 Å². The summed E-state index contributed by atoms with van der Waals surface area (Å²) in [6.45, 7) is 4.61. The van der Waals surface area contributed by atoms with Crippen molar-refractivity contribution in [3.63, 3.8) is 0 Å². The molecule has 2 heterocycles. The molecule has 244 valence electrons. The van der Waals surface area contributed by atoms with Crippen LogP contribution < -0.4 is 0 Å². The van der Waals surface area contributed by atoms with Gasteiger partial charge in [0, 0.05) is 20.2 Å². The fourth-order valence-corrected chi connectivity index (χ4v) is 9.78. The molecule has 2 aromatic heterocycles. The van der Waals surface area contributed by atoms with Crippen LogP contribution in [-0.4, -0.2) is 0 Å². The first kappa shape index (κ1) is 35.5. The lowest BCUT2D eigenvalue weighted by atomic mass is 10.0. The molecule has 2 heteroatoms. The Morgan fingerprint density at radius 3 is 0.977 bits per heavy atom. The number of hydrogen-bond acceptors (Lipinski definition) is 2. The number of thiophene rings is 2. The lowest BCUT2D eigenvalue weighted by Crippen LogP contribution is -1.86. The van der Waals surface area contributed by atoms with Crippen molar-refractivity contribution in [2.75, 3.05) is 0 Å². The first-order chi connectivity index (χ1) is 21.8. The number of hydrogen-bond donors (Lipinski definition) is 0. The Morgan fingerprint density at radius 2 is 0.659 bits per heavy atom. The predicted octanol–water partition coefficient (Wildman–Crippen LogP) is 15.8. The molecule has 0 amide bonds. The van der Waals surface area contributed by atoms with Crippen molar-refractivity contribution in [3.8, 4) is 0 Å². The largest absolute Gasteiger partial charge is 0.134 e. The zero-order valence-electron chi connectivity index (χ0n) is 28.7. The quantitative estimate of drug-likeness (QED) is 0.0604. The molecule has 0 aliphatic carbocycles. The van der Waals surface area contributed by atoms with Gasteiger partial charge in [-0.15, -0.1) is 22.7 Å². The van der Waals surface area contributed by atoms with Gasteiger partial charge in [0.2, 0.25) is 0 Å². The maximum Gasteiger partial charge on any atom is 0.0542 e. The SMILES string of the molecule is CCCCCCCCCCCCCCc1ccc2c(c1)sc1c3ccc(CCCCCCCCCCCCCC)cc3sc21. The molecule has 0 atom stereocenters. The minimum atomic E-state index is 1.24. The molecule has 44 heavy (non-hydrogen) atoms. The molecule has 0 radical (unpaired) electrons. The molecule has 0 nitrogen and oxygen atoms in total. The second-order valence-corrected chi connectivity index (χ2v) is 15.9. The molecule has 0 aliphatic heterocycles. The summed E-state index contributed by atoms with van der Waals surface area (Å²) < 4.78 is 6.01. The Morgan fingerprint density at radius 1 is 0.364 bits per heavy atom. The highest BCUT2D eigenvalue weighted by molar-refractivity contribution is 7.36. The van der Waals surface area contributed by atoms with Crippen LogP contribution >= 0.6 is 22.7 Å². The average Bonchev–Trinajstić information content (AvgIpc) is 3.57. The van der Waals surface area contributed by atoms with Gasteiger partial charge in [-0.25, -0.2) is 0 Å². The van der Waals surface area contributed by atoms with Crippen LogP contribution in [0.15, 0.2) is 36.4 Å². The van der Waals surface area contributed by atoms with E-state index in [1.807, 2.05) is 22.7 Å². The van der Waals surface area contributed by atoms with Gasteiger partial charge in [0.15, 0.2) is 0 Å². The first-order valence-electron chi connectivity index (χ1n) is 19.2. The summed E-state index contributed by atoms with van der Waals surface area (Å²) in [5.74, 6) is 0. The molecular weight excluding hydrogens is 569 g/mol. The van der Waals surface area contributed by atoms with Crippen molar-refractivity contribution in [1.29, 1.82) is 0 Å². The average molecular weight is 633 g/mol. The van der Waals surface area contributed by atoms with Gasteiger partial charge in [0.05, 0.1) is 9.40 Å². The highest BCUT2D eigenvalue weighted by Crippen LogP contribution is 2.44. The zero-order chi connectivity index (χ0) is 30.7. The van der Waals surface area contributed by atoms with Crippen LogP contribution in [0.4, 0.5) is 0 Å². The van der Waals surface area contributed by atoms with Crippen molar-refractivity contribution in [2.45, 2.75) is 181 Å². The lowest BCUT2D eigenvalue weighted by molar-refractivity contribution is 0.544. The van der Waals surface area contributed by atoms with Crippen LogP contribution in [0.1, 0.15) is 179 Å². The Hall–Kier alpha value is -1.38. The fourth-order valence-electron chi connectivity index (χ4n) is 7.00. The van der Waals surface area contributed by atoms with E-state index >= 15 is 0 Å². The number of benzene rings is 2. The van der Waals surface area contributed by atoms with E-state index in [0.717, 1.165) is 0 Å². The van der Waals surface area contributed by atoms with E-state index in [4.69, 9.17) is 0 Å². The maximum atomic E-state index is 2.50. The minimum absolute atomic E-state index is 1.24. The molecule has 0 fully saturated rings. The van der Waals surface area contributed by atoms with E-state index < -0.39 is 0 Å². The Labute approximate surface area is 279 Å². The summed E-state index contributed by atoms with van der Waals surface area (Å²) in [6, 6.07) is 14.7. The minimum Gasteiger partial charge on any atom is -0.134 e. The summed E-state index contributed by atoms with van der Waals surface area (Å²) in [6.07, 6.45) is 36.6. The molecule has 0 N–H and O–H groups in total. The van der Waals surface area contributed by atoms with Gasteiger partial charge in [-0.05, 0) is 48.9 Å². The normalized spacial score (nSPS) is 12.0. The molecule has 4 aromatic rings.